The molecule has 148 valence electrons. The topological polar surface area (TPSA) is 59.3 Å². The van der Waals surface area contributed by atoms with Gasteiger partial charge in [0.05, 0.1) is 17.2 Å². The number of benzene rings is 1. The van der Waals surface area contributed by atoms with Crippen molar-refractivity contribution in [3.8, 4) is 6.07 Å². The van der Waals surface area contributed by atoms with Gasteiger partial charge < -0.3 is 9.16 Å². The van der Waals surface area contributed by atoms with Crippen molar-refractivity contribution in [3.63, 3.8) is 0 Å². The number of carbonyl (C=O) groups excluding carboxylic acids is 1. The summed E-state index contributed by atoms with van der Waals surface area (Å²) >= 11 is 3.49. The van der Waals surface area contributed by atoms with E-state index in [4.69, 9.17) is 9.16 Å². The Balaban J connectivity index is 2.42. The van der Waals surface area contributed by atoms with Crippen LogP contribution in [0.3, 0.4) is 0 Å². The third kappa shape index (κ3) is 5.08. The first kappa shape index (κ1) is 22.3. The largest absolute Gasteiger partial charge is 0.405 e. The van der Waals surface area contributed by atoms with E-state index in [1.165, 1.54) is 0 Å². The van der Waals surface area contributed by atoms with Gasteiger partial charge in [0, 0.05) is 17.1 Å². The molecule has 1 aliphatic rings. The summed E-state index contributed by atoms with van der Waals surface area (Å²) in [5, 5.41) is 9.24. The van der Waals surface area contributed by atoms with Gasteiger partial charge in [0.15, 0.2) is 14.1 Å². The summed E-state index contributed by atoms with van der Waals surface area (Å²) < 4.78 is 13.1. The molecular formula is C21H30BrNO3Si. The number of hydrogen-bond acceptors (Lipinski definition) is 4. The molecule has 2 rings (SSSR count). The van der Waals surface area contributed by atoms with E-state index in [0.717, 1.165) is 25.7 Å². The lowest BCUT2D eigenvalue weighted by atomic mass is 9.71. The van der Waals surface area contributed by atoms with Crippen molar-refractivity contribution in [1.82, 2.24) is 0 Å². The average molecular weight is 452 g/mol. The number of Topliss-reactive ketones (excluding diaryl/α,β-unsaturated/α-hetero) is 1. The number of ether oxygens (including phenoxy) is 1. The molecule has 1 fully saturated rings. The first-order chi connectivity index (χ1) is 12.6. The van der Waals surface area contributed by atoms with Crippen LogP contribution in [0.25, 0.3) is 0 Å². The van der Waals surface area contributed by atoms with Gasteiger partial charge in [0.1, 0.15) is 5.60 Å². The van der Waals surface area contributed by atoms with Crippen LogP contribution in [0.2, 0.25) is 19.6 Å². The molecule has 1 aromatic rings. The molecule has 0 aliphatic heterocycles. The number of carbonyl (C=O) groups is 1. The van der Waals surface area contributed by atoms with Crippen LogP contribution in [0.5, 0.6) is 0 Å². The van der Waals surface area contributed by atoms with Crippen LogP contribution in [0.1, 0.15) is 61.4 Å². The maximum absolute atomic E-state index is 13.7. The maximum atomic E-state index is 13.7. The predicted molar refractivity (Wildman–Crippen MR) is 113 cm³/mol. The van der Waals surface area contributed by atoms with Crippen LogP contribution in [0.15, 0.2) is 22.7 Å². The van der Waals surface area contributed by atoms with E-state index in [0.29, 0.717) is 28.4 Å². The summed E-state index contributed by atoms with van der Waals surface area (Å²) in [6, 6.07) is 7.28. The normalized spacial score (nSPS) is 25.8. The summed E-state index contributed by atoms with van der Waals surface area (Å²) in [6.07, 6.45) is 4.96. The van der Waals surface area contributed by atoms with Crippen molar-refractivity contribution >= 4 is 30.0 Å². The first-order valence-corrected chi connectivity index (χ1v) is 13.8. The van der Waals surface area contributed by atoms with Crippen molar-refractivity contribution in [2.75, 3.05) is 7.11 Å². The molecule has 4 nitrogen and oxygen atoms in total. The fourth-order valence-electron chi connectivity index (χ4n) is 4.10. The SMILES string of the molecule is CCCC1(OC)CCC(O[Si](C)(C)C)(C(=O)c2cc(C#N)ccc2Br)CC1. The fraction of sp³-hybridized carbons (Fsp3) is 0.619. The summed E-state index contributed by atoms with van der Waals surface area (Å²) in [4.78, 5) is 13.7. The summed E-state index contributed by atoms with van der Waals surface area (Å²) in [7, 11) is -0.194. The van der Waals surface area contributed by atoms with Gasteiger partial charge in [-0.25, -0.2) is 0 Å². The Kier molecular flexibility index (Phi) is 7.07. The number of rotatable bonds is 7. The molecule has 0 unspecified atom stereocenters. The Labute approximate surface area is 172 Å². The molecule has 0 atom stereocenters. The van der Waals surface area contributed by atoms with Crippen LogP contribution in [-0.4, -0.2) is 32.4 Å². The molecule has 27 heavy (non-hydrogen) atoms. The molecule has 6 heteroatoms. The van der Waals surface area contributed by atoms with E-state index in [9.17, 15) is 10.1 Å². The van der Waals surface area contributed by atoms with Crippen LogP contribution >= 0.6 is 15.9 Å². The fourth-order valence-corrected chi connectivity index (χ4v) is 5.99. The van der Waals surface area contributed by atoms with E-state index in [1.807, 2.05) is 0 Å². The smallest absolute Gasteiger partial charge is 0.194 e. The molecule has 0 radical (unpaired) electrons. The lowest BCUT2D eigenvalue weighted by molar-refractivity contribution is -0.0856. The van der Waals surface area contributed by atoms with Gasteiger partial charge in [-0.2, -0.15) is 5.26 Å². The van der Waals surface area contributed by atoms with Gasteiger partial charge >= 0.3 is 0 Å². The molecule has 1 aromatic carbocycles. The second kappa shape index (κ2) is 8.56. The Bertz CT molecular complexity index is 728. The van der Waals surface area contributed by atoms with E-state index in [-0.39, 0.29) is 11.4 Å². The number of methoxy groups -OCH3 is 1. The zero-order valence-corrected chi connectivity index (χ0v) is 19.6. The second-order valence-electron chi connectivity index (χ2n) is 8.48. The molecule has 0 amide bonds. The molecular weight excluding hydrogens is 422 g/mol. The standard InChI is InChI=1S/C21H30BrNO3Si/c1-6-9-20(25-2)10-12-21(13-11-20,26-27(3,4)5)19(24)17-14-16(15-23)7-8-18(17)22/h7-8,14H,6,9-13H2,1-5H3. The molecule has 0 heterocycles. The van der Waals surface area contributed by atoms with Gasteiger partial charge in [-0.15, -0.1) is 0 Å². The van der Waals surface area contributed by atoms with Crippen LogP contribution in [0, 0.1) is 11.3 Å². The van der Waals surface area contributed by atoms with Gasteiger partial charge in [0.25, 0.3) is 0 Å². The Hall–Kier alpha value is -1.00. The number of ketones is 1. The average Bonchev–Trinajstić information content (AvgIpc) is 2.62. The minimum Gasteiger partial charge on any atom is -0.405 e. The molecule has 0 N–H and O–H groups in total. The molecule has 0 spiro atoms. The summed E-state index contributed by atoms with van der Waals surface area (Å²) in [5.74, 6) is -0.0184. The predicted octanol–water partition coefficient (Wildman–Crippen LogP) is 5.85. The summed E-state index contributed by atoms with van der Waals surface area (Å²) in [6.45, 7) is 8.52. The highest BCUT2D eigenvalue weighted by Crippen LogP contribution is 2.45. The van der Waals surface area contributed by atoms with E-state index in [2.05, 4.69) is 48.6 Å². The number of nitrogens with zero attached hydrogens (tertiary/aromatic N) is 1. The lowest BCUT2D eigenvalue weighted by Gasteiger charge is -2.47. The molecule has 0 saturated heterocycles. The van der Waals surface area contributed by atoms with Gasteiger partial charge in [0.2, 0.25) is 0 Å². The second-order valence-corrected chi connectivity index (χ2v) is 13.8. The molecule has 0 aromatic heterocycles. The third-order valence-electron chi connectivity index (χ3n) is 5.36. The molecule has 1 aliphatic carbocycles. The highest BCUT2D eigenvalue weighted by Gasteiger charge is 2.50. The quantitative estimate of drug-likeness (QED) is 0.385. The highest BCUT2D eigenvalue weighted by atomic mass is 79.9. The Morgan fingerprint density at radius 1 is 1.26 bits per heavy atom. The van der Waals surface area contributed by atoms with Crippen LogP contribution < -0.4 is 0 Å². The first-order valence-electron chi connectivity index (χ1n) is 9.60. The minimum atomic E-state index is -1.97. The van der Waals surface area contributed by atoms with Gasteiger partial charge in [-0.1, -0.05) is 29.3 Å². The van der Waals surface area contributed by atoms with Crippen molar-refractivity contribution in [2.45, 2.75) is 76.3 Å². The van der Waals surface area contributed by atoms with Crippen LogP contribution in [0.4, 0.5) is 0 Å². The van der Waals surface area contributed by atoms with E-state index < -0.39 is 13.9 Å². The van der Waals surface area contributed by atoms with Crippen molar-refractivity contribution in [2.24, 2.45) is 0 Å². The highest BCUT2D eigenvalue weighted by molar-refractivity contribution is 9.10. The maximum Gasteiger partial charge on any atom is 0.194 e. The summed E-state index contributed by atoms with van der Waals surface area (Å²) in [5.41, 5.74) is 0.0228. The van der Waals surface area contributed by atoms with Crippen molar-refractivity contribution < 1.29 is 14.0 Å². The van der Waals surface area contributed by atoms with Gasteiger partial charge in [-0.05, 0) is 69.9 Å². The third-order valence-corrected chi connectivity index (χ3v) is 7.06. The zero-order valence-electron chi connectivity index (χ0n) is 17.0. The number of halogens is 1. The van der Waals surface area contributed by atoms with E-state index >= 15 is 0 Å². The number of nitriles is 1. The Morgan fingerprint density at radius 2 is 1.89 bits per heavy atom. The van der Waals surface area contributed by atoms with Crippen molar-refractivity contribution in [1.29, 1.82) is 5.26 Å². The van der Waals surface area contributed by atoms with Gasteiger partial charge in [-0.3, -0.25) is 4.79 Å². The lowest BCUT2D eigenvalue weighted by Crippen LogP contribution is -2.54. The zero-order chi connectivity index (χ0) is 20.3. The minimum absolute atomic E-state index is 0.0184. The van der Waals surface area contributed by atoms with Crippen molar-refractivity contribution in [3.05, 3.63) is 33.8 Å². The van der Waals surface area contributed by atoms with E-state index in [1.54, 1.807) is 25.3 Å². The number of hydrogen-bond donors (Lipinski definition) is 0. The Morgan fingerprint density at radius 3 is 2.37 bits per heavy atom. The van der Waals surface area contributed by atoms with Crippen LogP contribution in [-0.2, 0) is 9.16 Å². The molecule has 0 bridgehead atoms. The monoisotopic (exact) mass is 451 g/mol. The molecule has 1 saturated carbocycles.